The van der Waals surface area contributed by atoms with Crippen molar-refractivity contribution in [1.29, 1.82) is 0 Å². The molecule has 0 saturated carbocycles. The molecule has 8 heteroatoms. The molecule has 2 atom stereocenters. The van der Waals surface area contributed by atoms with Crippen molar-refractivity contribution in [2.75, 3.05) is 13.5 Å². The summed E-state index contributed by atoms with van der Waals surface area (Å²) in [6.07, 6.45) is -0.233. The van der Waals surface area contributed by atoms with Gasteiger partial charge in [-0.25, -0.2) is 5.09 Å². The van der Waals surface area contributed by atoms with Crippen LogP contribution < -0.4 is 5.09 Å². The maximum atomic E-state index is 13.0. The summed E-state index contributed by atoms with van der Waals surface area (Å²) in [5, 5.41) is 3.40. The first kappa shape index (κ1) is 19.5. The first-order valence-electron chi connectivity index (χ1n) is 6.77. The Morgan fingerprint density at radius 3 is 2.64 bits per heavy atom. The lowest BCUT2D eigenvalue weighted by Crippen LogP contribution is -2.34. The summed E-state index contributed by atoms with van der Waals surface area (Å²) in [6, 6.07) is 6.33. The Bertz CT molecular complexity index is 555. The Balaban J connectivity index is 2.82. The van der Waals surface area contributed by atoms with E-state index in [9.17, 15) is 9.36 Å². The zero-order valence-electron chi connectivity index (χ0n) is 13.0. The zero-order valence-corrected chi connectivity index (χ0v) is 15.5. The fourth-order valence-corrected chi connectivity index (χ4v) is 6.24. The van der Waals surface area contributed by atoms with Gasteiger partial charge >= 0.3 is 5.97 Å². The van der Waals surface area contributed by atoms with Crippen LogP contribution in [0.1, 0.15) is 20.8 Å². The molecule has 0 fully saturated rings. The molecule has 1 rings (SSSR count). The summed E-state index contributed by atoms with van der Waals surface area (Å²) in [5.74, 6) is -0.446. The van der Waals surface area contributed by atoms with Crippen molar-refractivity contribution in [3.63, 3.8) is 0 Å². The largest absolute Gasteiger partial charge is 0.462 e. The molecule has 22 heavy (non-hydrogen) atoms. The van der Waals surface area contributed by atoms with Crippen molar-refractivity contribution in [2.24, 2.45) is 0 Å². The number of benzene rings is 1. The van der Waals surface area contributed by atoms with E-state index < -0.39 is 18.5 Å². The summed E-state index contributed by atoms with van der Waals surface area (Å²) in [6.45, 7) is 2.12. The summed E-state index contributed by atoms with van der Waals surface area (Å²) in [7, 11) is 1.46. The first-order chi connectivity index (χ1) is 10.3. The molecular weight excluding hydrogens is 345 g/mol. The molecule has 0 spiro atoms. The molecule has 0 saturated heterocycles. The van der Waals surface area contributed by atoms with E-state index in [1.54, 1.807) is 45.0 Å². The Morgan fingerprint density at radius 2 is 2.09 bits per heavy atom. The van der Waals surface area contributed by atoms with Crippen LogP contribution in [-0.4, -0.2) is 31.6 Å². The third kappa shape index (κ3) is 6.71. The Labute approximate surface area is 140 Å². The van der Waals surface area contributed by atoms with Gasteiger partial charge in [0, 0.05) is 17.0 Å². The lowest BCUT2D eigenvalue weighted by Gasteiger charge is -2.22. The molecule has 124 valence electrons. The molecule has 0 aliphatic carbocycles. The predicted octanol–water partition coefficient (Wildman–Crippen LogP) is 4.16. The minimum atomic E-state index is -3.03. The molecule has 1 N–H and O–H groups in total. The standard InChI is InChI=1S/C14H21ClNO4PS/c1-10(2)20-14(17)11(3)16-21(18,9-19-4)22-13-7-5-6-12(15)8-13/h5-8,10-11H,9H2,1-4H3,(H,16,18)/t11-,21?/m0/s1. The fraction of sp³-hybridized carbons (Fsp3) is 0.500. The third-order valence-electron chi connectivity index (χ3n) is 2.44. The predicted molar refractivity (Wildman–Crippen MR) is 90.6 cm³/mol. The monoisotopic (exact) mass is 365 g/mol. The first-order valence-corrected chi connectivity index (χ1v) is 10.5. The fourth-order valence-electron chi connectivity index (χ4n) is 1.64. The summed E-state index contributed by atoms with van der Waals surface area (Å²) in [4.78, 5) is 12.6. The highest BCUT2D eigenvalue weighted by atomic mass is 35.5. The summed E-state index contributed by atoms with van der Waals surface area (Å²) in [5.41, 5.74) is 0. The highest BCUT2D eigenvalue weighted by Crippen LogP contribution is 2.58. The average molecular weight is 366 g/mol. The van der Waals surface area contributed by atoms with Gasteiger partial charge in [-0.2, -0.15) is 0 Å². The van der Waals surface area contributed by atoms with Crippen molar-refractivity contribution in [2.45, 2.75) is 37.8 Å². The van der Waals surface area contributed by atoms with Crippen LogP contribution in [0.2, 0.25) is 5.02 Å². The molecule has 0 radical (unpaired) electrons. The van der Waals surface area contributed by atoms with Crippen LogP contribution >= 0.6 is 29.5 Å². The molecular formula is C14H21ClNO4PS. The number of nitrogens with one attached hydrogen (secondary N) is 1. The maximum Gasteiger partial charge on any atom is 0.323 e. The van der Waals surface area contributed by atoms with E-state index in [2.05, 4.69) is 5.09 Å². The molecule has 1 unspecified atom stereocenters. The van der Waals surface area contributed by atoms with E-state index in [4.69, 9.17) is 21.1 Å². The zero-order chi connectivity index (χ0) is 16.8. The Hall–Kier alpha value is -0.520. The van der Waals surface area contributed by atoms with E-state index in [0.717, 1.165) is 16.3 Å². The number of esters is 1. The van der Waals surface area contributed by atoms with Crippen molar-refractivity contribution in [3.05, 3.63) is 29.3 Å². The molecule has 1 aromatic rings. The SMILES string of the molecule is COCP(=O)(N[C@@H](C)C(=O)OC(C)C)Sc1cccc(Cl)c1. The van der Waals surface area contributed by atoms with Crippen molar-refractivity contribution < 1.29 is 18.8 Å². The van der Waals surface area contributed by atoms with Crippen molar-refractivity contribution in [1.82, 2.24) is 5.09 Å². The molecule has 0 aliphatic heterocycles. The van der Waals surface area contributed by atoms with Gasteiger partial charge in [-0.3, -0.25) is 9.36 Å². The Morgan fingerprint density at radius 1 is 1.41 bits per heavy atom. The van der Waals surface area contributed by atoms with Gasteiger partial charge in [-0.1, -0.05) is 17.7 Å². The van der Waals surface area contributed by atoms with Gasteiger partial charge in [0.05, 0.1) is 6.10 Å². The second-order valence-corrected chi connectivity index (χ2v) is 10.2. The summed E-state index contributed by atoms with van der Waals surface area (Å²) < 4.78 is 23.1. The second kappa shape index (κ2) is 8.94. The van der Waals surface area contributed by atoms with Crippen LogP contribution in [-0.2, 0) is 18.8 Å². The van der Waals surface area contributed by atoms with Crippen molar-refractivity contribution in [3.8, 4) is 0 Å². The van der Waals surface area contributed by atoms with Crippen LogP contribution in [0.5, 0.6) is 0 Å². The summed E-state index contributed by atoms with van der Waals surface area (Å²) >= 11 is 7.06. The highest BCUT2D eigenvalue weighted by Gasteiger charge is 2.29. The number of carbonyl (C=O) groups is 1. The third-order valence-corrected chi connectivity index (χ3v) is 6.97. The highest BCUT2D eigenvalue weighted by molar-refractivity contribution is 8.57. The van der Waals surface area contributed by atoms with Gasteiger partial charge in [0.25, 0.3) is 0 Å². The number of ether oxygens (including phenoxy) is 2. The second-order valence-electron chi connectivity index (χ2n) is 4.98. The number of methoxy groups -OCH3 is 1. The molecule has 0 bridgehead atoms. The molecule has 1 aromatic carbocycles. The smallest absolute Gasteiger partial charge is 0.323 e. The van der Waals surface area contributed by atoms with Crippen LogP contribution in [0.4, 0.5) is 0 Å². The van der Waals surface area contributed by atoms with Crippen molar-refractivity contribution >= 4 is 35.4 Å². The van der Waals surface area contributed by atoms with E-state index in [-0.39, 0.29) is 12.5 Å². The molecule has 0 heterocycles. The van der Waals surface area contributed by atoms with Gasteiger partial charge in [0.1, 0.15) is 12.4 Å². The van der Waals surface area contributed by atoms with E-state index in [1.807, 2.05) is 0 Å². The van der Waals surface area contributed by atoms with Gasteiger partial charge in [0.15, 0.2) is 0 Å². The number of carbonyl (C=O) groups excluding carboxylic acids is 1. The Kier molecular flexibility index (Phi) is 7.94. The van der Waals surface area contributed by atoms with Gasteiger partial charge in [0.2, 0.25) is 6.49 Å². The van der Waals surface area contributed by atoms with Gasteiger partial charge < -0.3 is 9.47 Å². The molecule has 5 nitrogen and oxygen atoms in total. The minimum Gasteiger partial charge on any atom is -0.462 e. The maximum absolute atomic E-state index is 13.0. The average Bonchev–Trinajstić information content (AvgIpc) is 2.37. The quantitative estimate of drug-likeness (QED) is 0.551. The van der Waals surface area contributed by atoms with Crippen LogP contribution in [0.3, 0.4) is 0 Å². The van der Waals surface area contributed by atoms with E-state index >= 15 is 0 Å². The van der Waals surface area contributed by atoms with Crippen LogP contribution in [0.15, 0.2) is 29.2 Å². The normalized spacial score (nSPS) is 15.4. The molecule has 0 aromatic heterocycles. The van der Waals surface area contributed by atoms with E-state index in [1.165, 1.54) is 7.11 Å². The number of hydrogen-bond donors (Lipinski definition) is 1. The van der Waals surface area contributed by atoms with E-state index in [0.29, 0.717) is 5.02 Å². The number of hydrogen-bond acceptors (Lipinski definition) is 5. The van der Waals surface area contributed by atoms with Crippen LogP contribution in [0.25, 0.3) is 0 Å². The lowest BCUT2D eigenvalue weighted by atomic mass is 10.4. The molecule has 0 aliphatic rings. The van der Waals surface area contributed by atoms with Crippen LogP contribution in [0, 0.1) is 0 Å². The number of rotatable bonds is 8. The minimum absolute atomic E-state index is 0.0104. The topological polar surface area (TPSA) is 64.6 Å². The number of halogens is 1. The lowest BCUT2D eigenvalue weighted by molar-refractivity contribution is -0.148. The van der Waals surface area contributed by atoms with Gasteiger partial charge in [-0.15, -0.1) is 0 Å². The van der Waals surface area contributed by atoms with Gasteiger partial charge in [-0.05, 0) is 50.4 Å². The molecule has 0 amide bonds.